The molecule has 40 heavy (non-hydrogen) atoms. The van der Waals surface area contributed by atoms with Gasteiger partial charge in [-0.25, -0.2) is 0 Å². The summed E-state index contributed by atoms with van der Waals surface area (Å²) < 4.78 is 0. The number of piperidine rings is 1. The fourth-order valence-electron chi connectivity index (χ4n) is 6.38. The van der Waals surface area contributed by atoms with Gasteiger partial charge in [0, 0.05) is 30.4 Å². The number of nitrogens with zero attached hydrogens (tertiary/aromatic N) is 3. The fourth-order valence-corrected chi connectivity index (χ4v) is 6.38. The highest BCUT2D eigenvalue weighted by Crippen LogP contribution is 2.39. The first-order valence-electron chi connectivity index (χ1n) is 14.3. The van der Waals surface area contributed by atoms with Gasteiger partial charge in [-0.3, -0.25) is 19.2 Å². The minimum absolute atomic E-state index is 0.0378. The molecule has 1 aliphatic carbocycles. The lowest BCUT2D eigenvalue weighted by atomic mass is 9.85. The summed E-state index contributed by atoms with van der Waals surface area (Å²) in [5.74, 6) is -0.811. The Morgan fingerprint density at radius 3 is 2.33 bits per heavy atom. The Morgan fingerprint density at radius 1 is 0.950 bits per heavy atom. The number of primary amides is 1. The van der Waals surface area contributed by atoms with Gasteiger partial charge in [0.25, 0.3) is 5.91 Å². The lowest BCUT2D eigenvalue weighted by molar-refractivity contribution is -0.139. The van der Waals surface area contributed by atoms with Crippen LogP contribution >= 0.6 is 0 Å². The summed E-state index contributed by atoms with van der Waals surface area (Å²) in [5.41, 5.74) is 6.72. The summed E-state index contributed by atoms with van der Waals surface area (Å²) >= 11 is 0. The van der Waals surface area contributed by atoms with Crippen molar-refractivity contribution < 1.29 is 19.2 Å². The van der Waals surface area contributed by atoms with Crippen LogP contribution in [0.25, 0.3) is 0 Å². The van der Waals surface area contributed by atoms with E-state index in [1.165, 1.54) is 6.42 Å². The van der Waals surface area contributed by atoms with Gasteiger partial charge in [-0.2, -0.15) is 0 Å². The largest absolute Gasteiger partial charge is 0.366 e. The quantitative estimate of drug-likeness (QED) is 0.530. The van der Waals surface area contributed by atoms with Crippen LogP contribution in [-0.2, 0) is 20.8 Å². The first kappa shape index (κ1) is 27.7. The number of carbonyl (C=O) groups excluding carboxylic acids is 4. The van der Waals surface area contributed by atoms with Gasteiger partial charge in [0.1, 0.15) is 12.1 Å². The summed E-state index contributed by atoms with van der Waals surface area (Å²) in [7, 11) is 0. The van der Waals surface area contributed by atoms with Crippen molar-refractivity contribution in [2.75, 3.05) is 31.2 Å². The van der Waals surface area contributed by atoms with Crippen LogP contribution in [-0.4, -0.2) is 71.3 Å². The molecule has 2 heterocycles. The van der Waals surface area contributed by atoms with Gasteiger partial charge in [0.05, 0.1) is 13.1 Å². The lowest BCUT2D eigenvalue weighted by Crippen LogP contribution is -2.57. The van der Waals surface area contributed by atoms with Crippen molar-refractivity contribution in [3.8, 4) is 0 Å². The van der Waals surface area contributed by atoms with E-state index in [1.807, 2.05) is 36.4 Å². The van der Waals surface area contributed by atoms with Crippen molar-refractivity contribution in [1.82, 2.24) is 15.1 Å². The maximum absolute atomic E-state index is 13.9. The van der Waals surface area contributed by atoms with E-state index in [1.54, 1.807) is 34.4 Å². The smallest absolute Gasteiger partial charge is 0.250 e. The van der Waals surface area contributed by atoms with Crippen LogP contribution in [0, 0.1) is 6.42 Å². The Labute approximate surface area is 235 Å². The zero-order valence-corrected chi connectivity index (χ0v) is 22.9. The standard InChI is InChI=1S/C31H38N5O4/c32-29(39)26-14-8-7-9-23(26)15-16-28(38)34-19-17-31(18-20-34)30(40)35(22-36(31)25-12-5-2-6-13-25)21-27(37)33-24-10-3-1-4-11-24/h2,5-9,12-14,16,24H,1,3-4,10-11,15,17-22H2,(H2,32,39)(H,33,37). The van der Waals surface area contributed by atoms with Crippen LogP contribution in [0.2, 0.25) is 0 Å². The number of hydrogen-bond acceptors (Lipinski definition) is 5. The van der Waals surface area contributed by atoms with E-state index in [0.29, 0.717) is 50.1 Å². The van der Waals surface area contributed by atoms with E-state index in [2.05, 4.69) is 10.2 Å². The first-order chi connectivity index (χ1) is 19.4. The van der Waals surface area contributed by atoms with Gasteiger partial charge in [0.15, 0.2) is 0 Å². The summed E-state index contributed by atoms with van der Waals surface area (Å²) in [6.45, 7) is 1.22. The van der Waals surface area contributed by atoms with E-state index in [9.17, 15) is 19.2 Å². The molecule has 0 unspecified atom stereocenters. The van der Waals surface area contributed by atoms with Crippen molar-refractivity contribution in [2.45, 2.75) is 62.9 Å². The highest BCUT2D eigenvalue weighted by molar-refractivity contribution is 5.97. The highest BCUT2D eigenvalue weighted by atomic mass is 16.2. The third-order valence-corrected chi connectivity index (χ3v) is 8.57. The fraction of sp³-hybridized carbons (Fsp3) is 0.452. The van der Waals surface area contributed by atoms with Crippen LogP contribution in [0.15, 0.2) is 54.6 Å². The number of rotatable bonds is 8. The predicted octanol–water partition coefficient (Wildman–Crippen LogP) is 2.65. The van der Waals surface area contributed by atoms with Crippen molar-refractivity contribution in [3.63, 3.8) is 0 Å². The average molecular weight is 545 g/mol. The van der Waals surface area contributed by atoms with Gasteiger partial charge in [-0.05, 0) is 55.9 Å². The minimum atomic E-state index is -0.804. The first-order valence-corrected chi connectivity index (χ1v) is 14.3. The molecule has 211 valence electrons. The molecule has 3 N–H and O–H groups in total. The van der Waals surface area contributed by atoms with E-state index in [4.69, 9.17) is 5.73 Å². The van der Waals surface area contributed by atoms with Crippen LogP contribution in [0.4, 0.5) is 5.69 Å². The number of likely N-dealkylation sites (tertiary alicyclic amines) is 1. The topological polar surface area (TPSA) is 116 Å². The molecule has 1 spiro atoms. The van der Waals surface area contributed by atoms with Gasteiger partial charge < -0.3 is 25.8 Å². The summed E-state index contributed by atoms with van der Waals surface area (Å²) in [6, 6.07) is 17.0. The molecule has 5 rings (SSSR count). The van der Waals surface area contributed by atoms with Gasteiger partial charge in [-0.15, -0.1) is 0 Å². The number of nitrogens with one attached hydrogen (secondary N) is 1. The van der Waals surface area contributed by atoms with E-state index < -0.39 is 11.4 Å². The lowest BCUT2D eigenvalue weighted by Gasteiger charge is -2.43. The van der Waals surface area contributed by atoms with E-state index in [-0.39, 0.29) is 30.3 Å². The molecule has 3 aliphatic rings. The third-order valence-electron chi connectivity index (χ3n) is 8.57. The molecular formula is C31H38N5O4. The number of anilines is 1. The zero-order valence-electron chi connectivity index (χ0n) is 22.9. The summed E-state index contributed by atoms with van der Waals surface area (Å²) in [5, 5.41) is 3.14. The molecule has 0 aromatic heterocycles. The second kappa shape index (κ2) is 12.1. The van der Waals surface area contributed by atoms with Crippen molar-refractivity contribution in [1.29, 1.82) is 0 Å². The Bertz CT molecular complexity index is 1240. The second-order valence-corrected chi connectivity index (χ2v) is 11.1. The maximum atomic E-state index is 13.9. The monoisotopic (exact) mass is 544 g/mol. The predicted molar refractivity (Wildman–Crippen MR) is 152 cm³/mol. The molecule has 9 nitrogen and oxygen atoms in total. The second-order valence-electron chi connectivity index (χ2n) is 11.1. The normalized spacial score (nSPS) is 19.2. The molecule has 1 saturated carbocycles. The number of hydrogen-bond donors (Lipinski definition) is 2. The SMILES string of the molecule is NC(=O)c1ccccc1C[CH]C(=O)N1CCC2(CC1)C(=O)N(CC(=O)NC1CCCCC1)CN2c1ccccc1. The molecule has 2 aromatic rings. The molecule has 2 saturated heterocycles. The highest BCUT2D eigenvalue weighted by Gasteiger charge is 2.54. The Balaban J connectivity index is 1.25. The number of amides is 4. The van der Waals surface area contributed by atoms with Crippen LogP contribution in [0.5, 0.6) is 0 Å². The van der Waals surface area contributed by atoms with Crippen LogP contribution in [0.1, 0.15) is 60.9 Å². The van der Waals surface area contributed by atoms with E-state index in [0.717, 1.165) is 31.4 Å². The van der Waals surface area contributed by atoms with Gasteiger partial charge >= 0.3 is 0 Å². The van der Waals surface area contributed by atoms with Crippen molar-refractivity contribution in [2.24, 2.45) is 5.73 Å². The summed E-state index contributed by atoms with van der Waals surface area (Å²) in [6.07, 6.45) is 8.28. The molecule has 4 amide bonds. The number of benzene rings is 2. The molecule has 1 radical (unpaired) electrons. The Morgan fingerprint density at radius 2 is 1.62 bits per heavy atom. The zero-order chi connectivity index (χ0) is 28.1. The van der Waals surface area contributed by atoms with Crippen molar-refractivity contribution in [3.05, 3.63) is 72.1 Å². The average Bonchev–Trinajstić information content (AvgIpc) is 3.23. The van der Waals surface area contributed by atoms with E-state index >= 15 is 0 Å². The molecule has 0 atom stereocenters. The molecule has 3 fully saturated rings. The molecule has 0 bridgehead atoms. The molecule has 2 aromatic carbocycles. The van der Waals surface area contributed by atoms with Crippen LogP contribution < -0.4 is 16.0 Å². The number of para-hydroxylation sites is 1. The van der Waals surface area contributed by atoms with Crippen molar-refractivity contribution >= 4 is 29.3 Å². The maximum Gasteiger partial charge on any atom is 0.250 e. The van der Waals surface area contributed by atoms with Crippen LogP contribution in [0.3, 0.4) is 0 Å². The minimum Gasteiger partial charge on any atom is -0.366 e. The molecular weight excluding hydrogens is 506 g/mol. The number of nitrogens with two attached hydrogens (primary N) is 1. The van der Waals surface area contributed by atoms with Gasteiger partial charge in [-0.1, -0.05) is 55.7 Å². The Hall–Kier alpha value is -3.88. The molecule has 2 aliphatic heterocycles. The summed E-state index contributed by atoms with van der Waals surface area (Å²) in [4.78, 5) is 57.2. The Kier molecular flexibility index (Phi) is 8.38. The number of carbonyl (C=O) groups is 4. The van der Waals surface area contributed by atoms with Gasteiger partial charge in [0.2, 0.25) is 17.7 Å². The molecule has 9 heteroatoms. The third kappa shape index (κ3) is 5.83.